The Bertz CT molecular complexity index is 1140. The maximum absolute atomic E-state index is 12.8. The van der Waals surface area contributed by atoms with Crippen LogP contribution in [0.1, 0.15) is 63.8 Å². The Kier molecular flexibility index (Phi) is 8.38. The molecule has 0 N–H and O–H groups in total. The van der Waals surface area contributed by atoms with Crippen LogP contribution in [0.5, 0.6) is 0 Å². The third-order valence-corrected chi connectivity index (χ3v) is 10.2. The van der Waals surface area contributed by atoms with Crippen molar-refractivity contribution in [2.45, 2.75) is 58.5 Å². The van der Waals surface area contributed by atoms with Crippen LogP contribution in [-0.2, 0) is 24.9 Å². The fourth-order valence-corrected chi connectivity index (χ4v) is 7.23. The summed E-state index contributed by atoms with van der Waals surface area (Å²) < 4.78 is 46.4. The molecule has 0 radical (unpaired) electrons. The van der Waals surface area contributed by atoms with Crippen LogP contribution in [0.3, 0.4) is 0 Å². The van der Waals surface area contributed by atoms with E-state index in [0.29, 0.717) is 5.56 Å². The Morgan fingerprint density at radius 3 is 1.42 bits per heavy atom. The molecule has 0 saturated carbocycles. The predicted octanol–water partition coefficient (Wildman–Crippen LogP) is 9.02. The van der Waals surface area contributed by atoms with Crippen molar-refractivity contribution in [2.75, 3.05) is 0 Å². The molecule has 0 aromatic heterocycles. The number of alkyl halides is 3. The zero-order chi connectivity index (χ0) is 26.7. The van der Waals surface area contributed by atoms with Crippen LogP contribution in [0.4, 0.5) is 13.2 Å². The molecule has 2 nitrogen and oxygen atoms in total. The summed E-state index contributed by atoms with van der Waals surface area (Å²) in [5.74, 6) is -0.514. The quantitative estimate of drug-likeness (QED) is 0.214. The van der Waals surface area contributed by atoms with Gasteiger partial charge in [0.1, 0.15) is 0 Å². The summed E-state index contributed by atoms with van der Waals surface area (Å²) in [4.78, 5) is 12.8. The van der Waals surface area contributed by atoms with Crippen LogP contribution < -0.4 is 0 Å². The first-order chi connectivity index (χ1) is 16.6. The van der Waals surface area contributed by atoms with Crippen molar-refractivity contribution in [3.63, 3.8) is 0 Å². The summed E-state index contributed by atoms with van der Waals surface area (Å²) in [5, 5.41) is 0. The van der Waals surface area contributed by atoms with Gasteiger partial charge in [0, 0.05) is 0 Å². The molecule has 3 rings (SSSR count). The van der Waals surface area contributed by atoms with E-state index in [1.165, 1.54) is 35.4 Å². The molecular weight excluding hydrogens is 576 g/mol. The Hall–Kier alpha value is -2.61. The van der Waals surface area contributed by atoms with Gasteiger partial charge in [-0.25, -0.2) is 0 Å². The summed E-state index contributed by atoms with van der Waals surface area (Å²) in [7, 11) is 0. The van der Waals surface area contributed by atoms with Gasteiger partial charge in [-0.05, 0) is 0 Å². The average Bonchev–Trinajstić information content (AvgIpc) is 2.80. The second kappa shape index (κ2) is 10.8. The van der Waals surface area contributed by atoms with Crippen LogP contribution in [0.25, 0.3) is 6.08 Å². The number of benzene rings is 3. The molecule has 0 unspecified atom stereocenters. The van der Waals surface area contributed by atoms with Gasteiger partial charge in [-0.2, -0.15) is 0 Å². The van der Waals surface area contributed by atoms with Crippen molar-refractivity contribution >= 4 is 32.3 Å². The van der Waals surface area contributed by atoms with Crippen molar-refractivity contribution in [3.05, 3.63) is 108 Å². The van der Waals surface area contributed by atoms with Crippen molar-refractivity contribution in [2.24, 2.45) is 0 Å². The first kappa shape index (κ1) is 28.0. The average molecular weight is 608 g/mol. The molecule has 0 fully saturated rings. The predicted molar refractivity (Wildman–Crippen MR) is 148 cm³/mol. The number of halogens is 4. The number of hydrogen-bond donors (Lipinski definition) is 0. The van der Waals surface area contributed by atoms with E-state index < -0.39 is 37.9 Å². The summed E-state index contributed by atoms with van der Waals surface area (Å²) in [5.41, 5.74) is 2.16. The molecule has 36 heavy (non-hydrogen) atoms. The molecule has 3 aromatic carbocycles. The van der Waals surface area contributed by atoms with Crippen LogP contribution in [0, 0.1) is 7.14 Å². The molecule has 192 valence electrons. The molecule has 0 heterocycles. The van der Waals surface area contributed by atoms with E-state index >= 15 is 0 Å². The summed E-state index contributed by atoms with van der Waals surface area (Å²) in [6.45, 7) is 12.9. The van der Waals surface area contributed by atoms with Crippen LogP contribution >= 0.6 is 20.2 Å². The molecule has 0 spiro atoms. The number of rotatable bonds is 5. The summed E-state index contributed by atoms with van der Waals surface area (Å²) in [6.07, 6.45) is -1.64. The summed E-state index contributed by atoms with van der Waals surface area (Å²) in [6, 6.07) is 21.1. The molecule has 0 aliphatic rings. The second-order valence-corrected chi connectivity index (χ2v) is 15.0. The van der Waals surface area contributed by atoms with Gasteiger partial charge in [0.2, 0.25) is 0 Å². The van der Waals surface area contributed by atoms with Gasteiger partial charge in [-0.1, -0.05) is 0 Å². The number of carbonyl (C=O) groups is 1. The zero-order valence-electron chi connectivity index (χ0n) is 21.4. The van der Waals surface area contributed by atoms with Gasteiger partial charge in [-0.3, -0.25) is 0 Å². The van der Waals surface area contributed by atoms with Gasteiger partial charge < -0.3 is 0 Å². The summed E-state index contributed by atoms with van der Waals surface area (Å²) >= 11 is -2.59. The van der Waals surface area contributed by atoms with Crippen molar-refractivity contribution in [3.8, 4) is 0 Å². The maximum atomic E-state index is 12.8. The second-order valence-electron chi connectivity index (χ2n) is 10.6. The monoisotopic (exact) mass is 608 g/mol. The third-order valence-electron chi connectivity index (χ3n) is 5.62. The SMILES string of the molecule is CC(C)(C)c1ccc(I(OC(=O)C=Cc2ccc(C(F)(F)F)cc2)c2ccc(C(C)(C)C)cc2)cc1. The normalized spacial score (nSPS) is 13.1. The Labute approximate surface area is 219 Å². The molecule has 0 saturated heterocycles. The van der Waals surface area contributed by atoms with Gasteiger partial charge in [0.05, 0.1) is 0 Å². The fraction of sp³-hybridized carbons (Fsp3) is 0.300. The molecule has 0 aliphatic heterocycles. The van der Waals surface area contributed by atoms with E-state index in [1.54, 1.807) is 0 Å². The van der Waals surface area contributed by atoms with Crippen LogP contribution in [0.2, 0.25) is 0 Å². The van der Waals surface area contributed by atoms with Gasteiger partial charge >= 0.3 is 220 Å². The molecule has 0 atom stereocenters. The van der Waals surface area contributed by atoms with Gasteiger partial charge in [0.25, 0.3) is 0 Å². The van der Waals surface area contributed by atoms with Crippen molar-refractivity contribution in [1.29, 1.82) is 0 Å². The van der Waals surface area contributed by atoms with E-state index in [2.05, 4.69) is 65.8 Å². The van der Waals surface area contributed by atoms with E-state index in [0.717, 1.165) is 19.3 Å². The minimum atomic E-state index is -4.40. The molecule has 3 aromatic rings. The first-order valence-corrected chi connectivity index (χ1v) is 14.7. The zero-order valence-corrected chi connectivity index (χ0v) is 23.6. The third kappa shape index (κ3) is 7.45. The van der Waals surface area contributed by atoms with Gasteiger partial charge in [0.15, 0.2) is 0 Å². The standard InChI is InChI=1S/C30H32F3IO2/c1-28(2,3)22-12-16-25(17-13-22)34(26-18-14-23(15-19-26)29(4,5)6)36-27(35)20-9-21-7-10-24(11-8-21)30(31,32)33/h7-20H,1-6H3. The topological polar surface area (TPSA) is 26.3 Å². The van der Waals surface area contributed by atoms with Crippen molar-refractivity contribution in [1.82, 2.24) is 0 Å². The Balaban J connectivity index is 1.86. The van der Waals surface area contributed by atoms with Gasteiger partial charge in [-0.15, -0.1) is 0 Å². The minimum absolute atomic E-state index is 0.00695. The van der Waals surface area contributed by atoms with Crippen LogP contribution in [-0.4, -0.2) is 5.97 Å². The van der Waals surface area contributed by atoms with Crippen molar-refractivity contribution < 1.29 is 21.0 Å². The molecule has 0 aliphatic carbocycles. The molecular formula is C30H32F3IO2. The van der Waals surface area contributed by atoms with E-state index in [4.69, 9.17) is 3.07 Å². The number of carbonyl (C=O) groups excluding carboxylic acids is 1. The fourth-order valence-electron chi connectivity index (χ4n) is 3.39. The van der Waals surface area contributed by atoms with E-state index in [1.807, 2.05) is 24.3 Å². The Morgan fingerprint density at radius 1 is 0.667 bits per heavy atom. The molecule has 0 bridgehead atoms. The molecule has 0 amide bonds. The Morgan fingerprint density at radius 2 is 1.06 bits per heavy atom. The first-order valence-electron chi connectivity index (χ1n) is 11.6. The molecule has 6 heteroatoms. The van der Waals surface area contributed by atoms with E-state index in [9.17, 15) is 18.0 Å². The van der Waals surface area contributed by atoms with Crippen LogP contribution in [0.15, 0.2) is 78.9 Å². The number of hydrogen-bond acceptors (Lipinski definition) is 2. The van der Waals surface area contributed by atoms with E-state index in [-0.39, 0.29) is 10.8 Å².